The van der Waals surface area contributed by atoms with E-state index >= 15 is 0 Å². The molecule has 0 fully saturated rings. The quantitative estimate of drug-likeness (QED) is 0.900. The first kappa shape index (κ1) is 14.0. The molecule has 5 nitrogen and oxygen atoms in total. The molecule has 20 heavy (non-hydrogen) atoms. The van der Waals surface area contributed by atoms with Gasteiger partial charge in [-0.25, -0.2) is 4.98 Å². The van der Waals surface area contributed by atoms with Crippen LogP contribution in [0.5, 0.6) is 0 Å². The lowest BCUT2D eigenvalue weighted by atomic mass is 10.1. The number of nitrogens with one attached hydrogen (secondary N) is 2. The summed E-state index contributed by atoms with van der Waals surface area (Å²) < 4.78 is 0. The molecule has 2 aromatic rings. The molecule has 0 saturated heterocycles. The van der Waals surface area contributed by atoms with Crippen molar-refractivity contribution in [3.63, 3.8) is 0 Å². The van der Waals surface area contributed by atoms with Crippen LogP contribution in [0.4, 0.5) is 5.69 Å². The summed E-state index contributed by atoms with van der Waals surface area (Å²) in [6.07, 6.45) is 0. The number of benzene rings is 1. The fourth-order valence-corrected chi connectivity index (χ4v) is 1.86. The van der Waals surface area contributed by atoms with Crippen molar-refractivity contribution in [1.29, 1.82) is 0 Å². The number of aryl methyl sites for hydroxylation is 1. The van der Waals surface area contributed by atoms with Gasteiger partial charge in [-0.1, -0.05) is 32.0 Å². The minimum absolute atomic E-state index is 0.0539. The molecular weight excluding hydrogens is 254 g/mol. The molecule has 2 rings (SSSR count). The van der Waals surface area contributed by atoms with Crippen molar-refractivity contribution in [2.45, 2.75) is 26.7 Å². The van der Waals surface area contributed by atoms with Crippen molar-refractivity contribution in [2.75, 3.05) is 5.32 Å². The Bertz CT molecular complexity index is 675. The molecule has 1 aromatic carbocycles. The largest absolute Gasteiger partial charge is 0.322 e. The number of rotatable bonds is 3. The zero-order valence-corrected chi connectivity index (χ0v) is 11.7. The number of hydrogen-bond acceptors (Lipinski definition) is 3. The van der Waals surface area contributed by atoms with Gasteiger partial charge in [0.1, 0.15) is 11.4 Å². The van der Waals surface area contributed by atoms with E-state index in [-0.39, 0.29) is 11.5 Å². The number of aromatic nitrogens is 2. The normalized spacial score (nSPS) is 10.6. The summed E-state index contributed by atoms with van der Waals surface area (Å²) in [5.74, 6) is 0.245. The second-order valence-electron chi connectivity index (χ2n) is 4.89. The number of H-pyrrole nitrogens is 1. The van der Waals surface area contributed by atoms with Crippen LogP contribution in [0.2, 0.25) is 0 Å². The topological polar surface area (TPSA) is 74.8 Å². The van der Waals surface area contributed by atoms with E-state index in [2.05, 4.69) is 15.3 Å². The highest BCUT2D eigenvalue weighted by Crippen LogP contribution is 2.11. The number of carbonyl (C=O) groups excluding carboxylic acids is 1. The maximum absolute atomic E-state index is 12.2. The monoisotopic (exact) mass is 271 g/mol. The standard InChI is InChI=1S/C15H17N3O2/c1-9(2)13-16-10(3)12(15(20)18-13)14(19)17-11-7-5-4-6-8-11/h4-9H,1-3H3,(H,17,19)(H,16,18,20). The molecule has 0 aliphatic heterocycles. The molecule has 0 aliphatic carbocycles. The number of aromatic amines is 1. The lowest BCUT2D eigenvalue weighted by Crippen LogP contribution is -2.27. The van der Waals surface area contributed by atoms with E-state index in [1.807, 2.05) is 32.0 Å². The first-order valence-corrected chi connectivity index (χ1v) is 6.46. The van der Waals surface area contributed by atoms with Gasteiger partial charge in [-0.3, -0.25) is 9.59 Å². The van der Waals surface area contributed by atoms with Gasteiger partial charge >= 0.3 is 0 Å². The number of anilines is 1. The van der Waals surface area contributed by atoms with E-state index in [1.165, 1.54) is 0 Å². The van der Waals surface area contributed by atoms with Gasteiger partial charge in [-0.15, -0.1) is 0 Å². The third-order valence-corrected chi connectivity index (χ3v) is 2.92. The highest BCUT2D eigenvalue weighted by molar-refractivity contribution is 6.04. The summed E-state index contributed by atoms with van der Waals surface area (Å²) in [5.41, 5.74) is 0.725. The number of amides is 1. The molecule has 0 unspecified atom stereocenters. The predicted molar refractivity (Wildman–Crippen MR) is 78.1 cm³/mol. The summed E-state index contributed by atoms with van der Waals surface area (Å²) in [6, 6.07) is 9.00. The van der Waals surface area contributed by atoms with Crippen LogP contribution in [0.25, 0.3) is 0 Å². The Kier molecular flexibility index (Phi) is 3.98. The van der Waals surface area contributed by atoms with Crippen LogP contribution in [0, 0.1) is 6.92 Å². The van der Waals surface area contributed by atoms with Gasteiger partial charge in [0.2, 0.25) is 0 Å². The van der Waals surface area contributed by atoms with Gasteiger partial charge in [-0.05, 0) is 19.1 Å². The summed E-state index contributed by atoms with van der Waals surface area (Å²) in [4.78, 5) is 31.1. The average Bonchev–Trinajstić information content (AvgIpc) is 2.38. The van der Waals surface area contributed by atoms with E-state index in [0.717, 1.165) is 0 Å². The minimum atomic E-state index is -0.447. The highest BCUT2D eigenvalue weighted by atomic mass is 16.2. The molecule has 0 spiro atoms. The van der Waals surface area contributed by atoms with Crippen LogP contribution < -0.4 is 10.9 Å². The molecule has 2 N–H and O–H groups in total. The SMILES string of the molecule is Cc1nc(C(C)C)[nH]c(=O)c1C(=O)Nc1ccccc1. The van der Waals surface area contributed by atoms with Crippen LogP contribution in [0.1, 0.15) is 41.6 Å². The second kappa shape index (κ2) is 5.69. The van der Waals surface area contributed by atoms with Gasteiger partial charge in [0.05, 0.1) is 5.69 Å². The Morgan fingerprint density at radius 1 is 1.25 bits per heavy atom. The molecule has 5 heteroatoms. The van der Waals surface area contributed by atoms with E-state index in [0.29, 0.717) is 17.2 Å². The zero-order valence-electron chi connectivity index (χ0n) is 11.7. The summed E-state index contributed by atoms with van der Waals surface area (Å²) in [5, 5.41) is 2.69. The van der Waals surface area contributed by atoms with Crippen molar-refractivity contribution >= 4 is 11.6 Å². The Balaban J connectivity index is 2.34. The third-order valence-electron chi connectivity index (χ3n) is 2.92. The maximum atomic E-state index is 12.2. The molecule has 104 valence electrons. The van der Waals surface area contributed by atoms with Crippen LogP contribution in [0.3, 0.4) is 0 Å². The van der Waals surface area contributed by atoms with Crippen LogP contribution >= 0.6 is 0 Å². The third kappa shape index (κ3) is 2.93. The van der Waals surface area contributed by atoms with E-state index < -0.39 is 11.5 Å². The Morgan fingerprint density at radius 3 is 2.45 bits per heavy atom. The fourth-order valence-electron chi connectivity index (χ4n) is 1.86. The van der Waals surface area contributed by atoms with Crippen molar-refractivity contribution in [2.24, 2.45) is 0 Å². The average molecular weight is 271 g/mol. The lowest BCUT2D eigenvalue weighted by Gasteiger charge is -2.09. The number of para-hydroxylation sites is 1. The second-order valence-corrected chi connectivity index (χ2v) is 4.89. The molecule has 1 heterocycles. The molecule has 0 aliphatic rings. The zero-order chi connectivity index (χ0) is 14.7. The first-order valence-electron chi connectivity index (χ1n) is 6.46. The smallest absolute Gasteiger partial charge is 0.264 e. The number of hydrogen-bond donors (Lipinski definition) is 2. The molecule has 0 bridgehead atoms. The molecule has 1 amide bonds. The molecule has 0 atom stereocenters. The molecule has 0 radical (unpaired) electrons. The van der Waals surface area contributed by atoms with Crippen molar-refractivity contribution in [1.82, 2.24) is 9.97 Å². The highest BCUT2D eigenvalue weighted by Gasteiger charge is 2.17. The molecule has 0 saturated carbocycles. The van der Waals surface area contributed by atoms with E-state index in [4.69, 9.17) is 0 Å². The maximum Gasteiger partial charge on any atom is 0.264 e. The molecule has 1 aromatic heterocycles. The Labute approximate surface area is 117 Å². The summed E-state index contributed by atoms with van der Waals surface area (Å²) >= 11 is 0. The van der Waals surface area contributed by atoms with Gasteiger partial charge in [-0.2, -0.15) is 0 Å². The Hall–Kier alpha value is -2.43. The molecular formula is C15H17N3O2. The van der Waals surface area contributed by atoms with Crippen LogP contribution in [-0.4, -0.2) is 15.9 Å². The van der Waals surface area contributed by atoms with Gasteiger partial charge in [0, 0.05) is 11.6 Å². The number of nitrogens with zero attached hydrogens (tertiary/aromatic N) is 1. The minimum Gasteiger partial charge on any atom is -0.322 e. The first-order chi connectivity index (χ1) is 9.49. The summed E-state index contributed by atoms with van der Waals surface area (Å²) in [6.45, 7) is 5.53. The van der Waals surface area contributed by atoms with E-state index in [9.17, 15) is 9.59 Å². The van der Waals surface area contributed by atoms with Gasteiger partial charge < -0.3 is 10.3 Å². The van der Waals surface area contributed by atoms with Gasteiger partial charge in [0.25, 0.3) is 11.5 Å². The van der Waals surface area contributed by atoms with Gasteiger partial charge in [0.15, 0.2) is 0 Å². The van der Waals surface area contributed by atoms with Crippen molar-refractivity contribution < 1.29 is 4.79 Å². The van der Waals surface area contributed by atoms with Crippen molar-refractivity contribution in [3.05, 3.63) is 57.8 Å². The van der Waals surface area contributed by atoms with Crippen LogP contribution in [0.15, 0.2) is 35.1 Å². The van der Waals surface area contributed by atoms with E-state index in [1.54, 1.807) is 19.1 Å². The van der Waals surface area contributed by atoms with Crippen molar-refractivity contribution in [3.8, 4) is 0 Å². The fraction of sp³-hybridized carbons (Fsp3) is 0.267. The lowest BCUT2D eigenvalue weighted by molar-refractivity contribution is 0.102. The predicted octanol–water partition coefficient (Wildman–Crippen LogP) is 2.45. The Morgan fingerprint density at radius 2 is 1.90 bits per heavy atom. The van der Waals surface area contributed by atoms with Crippen LogP contribution in [-0.2, 0) is 0 Å². The number of carbonyl (C=O) groups is 1. The summed E-state index contributed by atoms with van der Waals surface area (Å²) in [7, 11) is 0.